The molecular formula is C19H19F3. The maximum Gasteiger partial charge on any atom is 0.416 e. The van der Waals surface area contributed by atoms with Gasteiger partial charge in [-0.15, -0.1) is 0 Å². The first-order valence-electron chi connectivity index (χ1n) is 7.37. The van der Waals surface area contributed by atoms with Crippen LogP contribution in [-0.2, 0) is 6.42 Å². The third-order valence-corrected chi connectivity index (χ3v) is 3.68. The van der Waals surface area contributed by atoms with Crippen molar-refractivity contribution in [2.75, 3.05) is 0 Å². The number of benzene rings is 2. The summed E-state index contributed by atoms with van der Waals surface area (Å²) in [6.07, 6.45) is -1.01. The number of hydrogen-bond acceptors (Lipinski definition) is 0. The van der Waals surface area contributed by atoms with E-state index in [-0.39, 0.29) is 5.56 Å². The van der Waals surface area contributed by atoms with E-state index in [4.69, 9.17) is 0 Å². The molecule has 0 spiro atoms. The predicted octanol–water partition coefficient (Wildman–Crippen LogP) is 6.27. The van der Waals surface area contributed by atoms with Crippen LogP contribution < -0.4 is 0 Å². The van der Waals surface area contributed by atoms with E-state index in [0.717, 1.165) is 30.4 Å². The molecule has 0 unspecified atom stereocenters. The minimum absolute atomic E-state index is 0.107. The summed E-state index contributed by atoms with van der Waals surface area (Å²) >= 11 is 0. The molecule has 2 aromatic rings. The standard InChI is InChI=1S/C19H19F3/c1-3-4-5-15-6-8-17(9-7-15)18-12-10-16(11-13-18)14(2)19(20,21)22/h6-13H,2-5H2,1H3. The molecule has 0 amide bonds. The maximum absolute atomic E-state index is 12.6. The third-order valence-electron chi connectivity index (χ3n) is 3.68. The zero-order valence-corrected chi connectivity index (χ0v) is 12.6. The second-order valence-corrected chi connectivity index (χ2v) is 5.35. The first-order valence-corrected chi connectivity index (χ1v) is 7.37. The van der Waals surface area contributed by atoms with E-state index < -0.39 is 11.7 Å². The fourth-order valence-corrected chi connectivity index (χ4v) is 2.27. The van der Waals surface area contributed by atoms with Crippen LogP contribution in [-0.4, -0.2) is 6.18 Å². The van der Waals surface area contributed by atoms with Crippen molar-refractivity contribution in [3.05, 3.63) is 66.2 Å². The molecule has 0 atom stereocenters. The number of alkyl halides is 3. The molecule has 0 nitrogen and oxygen atoms in total. The van der Waals surface area contributed by atoms with Crippen molar-refractivity contribution in [3.63, 3.8) is 0 Å². The van der Waals surface area contributed by atoms with Crippen LogP contribution in [0.3, 0.4) is 0 Å². The lowest BCUT2D eigenvalue weighted by Gasteiger charge is -2.11. The highest BCUT2D eigenvalue weighted by atomic mass is 19.4. The first kappa shape index (κ1) is 16.3. The minimum atomic E-state index is -4.39. The number of allylic oxidation sites excluding steroid dienone is 1. The first-order chi connectivity index (χ1) is 10.4. The van der Waals surface area contributed by atoms with Crippen molar-refractivity contribution < 1.29 is 13.2 Å². The van der Waals surface area contributed by atoms with Gasteiger partial charge < -0.3 is 0 Å². The lowest BCUT2D eigenvalue weighted by Crippen LogP contribution is -2.09. The average Bonchev–Trinajstić information content (AvgIpc) is 2.52. The molecular weight excluding hydrogens is 285 g/mol. The molecule has 0 heterocycles. The Morgan fingerprint density at radius 3 is 1.86 bits per heavy atom. The zero-order valence-electron chi connectivity index (χ0n) is 12.6. The summed E-state index contributed by atoms with van der Waals surface area (Å²) in [7, 11) is 0. The second-order valence-electron chi connectivity index (χ2n) is 5.35. The SMILES string of the molecule is C=C(c1ccc(-c2ccc(CCCC)cc2)cc1)C(F)(F)F. The Morgan fingerprint density at radius 2 is 1.41 bits per heavy atom. The van der Waals surface area contributed by atoms with E-state index in [1.165, 1.54) is 17.7 Å². The van der Waals surface area contributed by atoms with Crippen LogP contribution in [0.2, 0.25) is 0 Å². The van der Waals surface area contributed by atoms with Crippen LogP contribution in [0.5, 0.6) is 0 Å². The number of aryl methyl sites for hydroxylation is 1. The zero-order chi connectivity index (χ0) is 16.2. The lowest BCUT2D eigenvalue weighted by molar-refractivity contribution is -0.0686. The molecule has 2 rings (SSSR count). The van der Waals surface area contributed by atoms with Gasteiger partial charge in [-0.25, -0.2) is 0 Å². The van der Waals surface area contributed by atoms with E-state index in [1.807, 2.05) is 12.1 Å². The highest BCUT2D eigenvalue weighted by Crippen LogP contribution is 2.33. The predicted molar refractivity (Wildman–Crippen MR) is 85.6 cm³/mol. The monoisotopic (exact) mass is 304 g/mol. The van der Waals surface area contributed by atoms with Gasteiger partial charge in [-0.2, -0.15) is 13.2 Å². The summed E-state index contributed by atoms with van der Waals surface area (Å²) in [6.45, 7) is 5.27. The molecule has 0 saturated heterocycles. The highest BCUT2D eigenvalue weighted by molar-refractivity contribution is 5.71. The summed E-state index contributed by atoms with van der Waals surface area (Å²) in [5, 5.41) is 0. The molecule has 0 aliphatic carbocycles. The molecule has 0 fully saturated rings. The van der Waals surface area contributed by atoms with Gasteiger partial charge in [0, 0.05) is 0 Å². The summed E-state index contributed by atoms with van der Waals surface area (Å²) in [5.74, 6) is 0. The Morgan fingerprint density at radius 1 is 0.909 bits per heavy atom. The summed E-state index contributed by atoms with van der Waals surface area (Å²) in [6, 6.07) is 14.5. The molecule has 2 aromatic carbocycles. The summed E-state index contributed by atoms with van der Waals surface area (Å²) < 4.78 is 37.8. The largest absolute Gasteiger partial charge is 0.416 e. The highest BCUT2D eigenvalue weighted by Gasteiger charge is 2.32. The maximum atomic E-state index is 12.6. The molecule has 116 valence electrons. The van der Waals surface area contributed by atoms with Gasteiger partial charge in [0.1, 0.15) is 0 Å². The summed E-state index contributed by atoms with van der Waals surface area (Å²) in [4.78, 5) is 0. The smallest absolute Gasteiger partial charge is 0.166 e. The number of unbranched alkanes of at least 4 members (excludes halogenated alkanes) is 1. The van der Waals surface area contributed by atoms with Crippen LogP contribution in [0.25, 0.3) is 16.7 Å². The van der Waals surface area contributed by atoms with Gasteiger partial charge in [-0.1, -0.05) is 68.5 Å². The molecule has 0 aromatic heterocycles. The quantitative estimate of drug-likeness (QED) is 0.610. The molecule has 0 aliphatic heterocycles. The van der Waals surface area contributed by atoms with E-state index in [2.05, 4.69) is 25.6 Å². The van der Waals surface area contributed by atoms with Crippen LogP contribution in [0.1, 0.15) is 30.9 Å². The Kier molecular flexibility index (Phi) is 5.07. The molecule has 22 heavy (non-hydrogen) atoms. The third kappa shape index (κ3) is 4.00. The van der Waals surface area contributed by atoms with Crippen molar-refractivity contribution in [2.24, 2.45) is 0 Å². The minimum Gasteiger partial charge on any atom is -0.166 e. The van der Waals surface area contributed by atoms with Gasteiger partial charge in [-0.05, 0) is 35.1 Å². The average molecular weight is 304 g/mol. The second kappa shape index (κ2) is 6.82. The number of halogens is 3. The van der Waals surface area contributed by atoms with Crippen LogP contribution in [0.4, 0.5) is 13.2 Å². The number of rotatable bonds is 5. The Labute approximate surface area is 129 Å². The van der Waals surface area contributed by atoms with E-state index >= 15 is 0 Å². The fraction of sp³-hybridized carbons (Fsp3) is 0.263. The fourth-order valence-electron chi connectivity index (χ4n) is 2.27. The van der Waals surface area contributed by atoms with Gasteiger partial charge in [-0.3, -0.25) is 0 Å². The van der Waals surface area contributed by atoms with Crippen molar-refractivity contribution in [1.82, 2.24) is 0 Å². The Bertz CT molecular complexity index is 619. The Balaban J connectivity index is 2.15. The van der Waals surface area contributed by atoms with Gasteiger partial charge >= 0.3 is 6.18 Å². The molecule has 0 aliphatic rings. The van der Waals surface area contributed by atoms with Crippen molar-refractivity contribution in [1.29, 1.82) is 0 Å². The van der Waals surface area contributed by atoms with E-state index in [0.29, 0.717) is 0 Å². The molecule has 3 heteroatoms. The van der Waals surface area contributed by atoms with Crippen LogP contribution in [0, 0.1) is 0 Å². The van der Waals surface area contributed by atoms with Crippen molar-refractivity contribution >= 4 is 5.57 Å². The van der Waals surface area contributed by atoms with Crippen molar-refractivity contribution in [2.45, 2.75) is 32.4 Å². The normalized spacial score (nSPS) is 11.5. The summed E-state index contributed by atoms with van der Waals surface area (Å²) in [5.41, 5.74) is 2.49. The van der Waals surface area contributed by atoms with Gasteiger partial charge in [0.15, 0.2) is 0 Å². The van der Waals surface area contributed by atoms with Gasteiger partial charge in [0.25, 0.3) is 0 Å². The number of hydrogen-bond donors (Lipinski definition) is 0. The van der Waals surface area contributed by atoms with Crippen LogP contribution in [0.15, 0.2) is 55.1 Å². The lowest BCUT2D eigenvalue weighted by atomic mass is 9.99. The van der Waals surface area contributed by atoms with Crippen molar-refractivity contribution in [3.8, 4) is 11.1 Å². The molecule has 0 radical (unpaired) electrons. The Hall–Kier alpha value is -2.03. The topological polar surface area (TPSA) is 0 Å². The molecule has 0 N–H and O–H groups in total. The molecule has 0 bridgehead atoms. The van der Waals surface area contributed by atoms with Gasteiger partial charge in [0.05, 0.1) is 5.57 Å². The van der Waals surface area contributed by atoms with Crippen LogP contribution >= 0.6 is 0 Å². The molecule has 0 saturated carbocycles. The van der Waals surface area contributed by atoms with E-state index in [1.54, 1.807) is 12.1 Å². The van der Waals surface area contributed by atoms with Gasteiger partial charge in [0.2, 0.25) is 0 Å². The van der Waals surface area contributed by atoms with E-state index in [9.17, 15) is 13.2 Å².